The molecule has 0 aliphatic carbocycles. The van der Waals surface area contributed by atoms with Crippen LogP contribution in [0.2, 0.25) is 0 Å². The van der Waals surface area contributed by atoms with Crippen molar-refractivity contribution in [2.45, 2.75) is 58.7 Å². The SMILES string of the molecule is CCNC(=NCCN(C)CC(F)(F)F)NC1CCN(C(=O)C(CC)CC)CC1. The fraction of sp³-hybridized carbons (Fsp3) is 0.895. The second-order valence-electron chi connectivity index (χ2n) is 7.37. The predicted octanol–water partition coefficient (Wildman–Crippen LogP) is 2.46. The Hall–Kier alpha value is -1.51. The van der Waals surface area contributed by atoms with E-state index in [4.69, 9.17) is 0 Å². The molecule has 0 bridgehead atoms. The fourth-order valence-electron chi connectivity index (χ4n) is 3.37. The van der Waals surface area contributed by atoms with E-state index in [0.717, 1.165) is 38.8 Å². The predicted molar refractivity (Wildman–Crippen MR) is 106 cm³/mol. The highest BCUT2D eigenvalue weighted by Crippen LogP contribution is 2.17. The zero-order valence-electron chi connectivity index (χ0n) is 17.6. The van der Waals surface area contributed by atoms with Crippen LogP contribution in [0.1, 0.15) is 46.5 Å². The molecule has 1 rings (SSSR count). The standard InChI is InChI=1S/C19H36F3N5O/c1-5-15(6-2)17(28)27-11-8-16(9-12-27)25-18(23-7-3)24-10-13-26(4)14-19(20,21)22/h15-16H,5-14H2,1-4H3,(H2,23,24,25). The molecule has 0 aromatic rings. The van der Waals surface area contributed by atoms with Gasteiger partial charge >= 0.3 is 6.18 Å². The first-order chi connectivity index (χ1) is 13.2. The average Bonchev–Trinajstić information content (AvgIpc) is 2.62. The number of hydrogen-bond acceptors (Lipinski definition) is 3. The second kappa shape index (κ2) is 12.1. The summed E-state index contributed by atoms with van der Waals surface area (Å²) in [5, 5.41) is 6.50. The van der Waals surface area contributed by atoms with Crippen LogP contribution in [0, 0.1) is 5.92 Å². The van der Waals surface area contributed by atoms with E-state index in [2.05, 4.69) is 15.6 Å². The molecule has 1 heterocycles. The van der Waals surface area contributed by atoms with E-state index in [1.807, 2.05) is 25.7 Å². The van der Waals surface area contributed by atoms with Crippen molar-refractivity contribution in [3.63, 3.8) is 0 Å². The van der Waals surface area contributed by atoms with Gasteiger partial charge in [-0.15, -0.1) is 0 Å². The van der Waals surface area contributed by atoms with Crippen molar-refractivity contribution in [1.82, 2.24) is 20.4 Å². The van der Waals surface area contributed by atoms with Gasteiger partial charge in [-0.25, -0.2) is 0 Å². The van der Waals surface area contributed by atoms with Gasteiger partial charge in [0.05, 0.1) is 13.1 Å². The van der Waals surface area contributed by atoms with Gasteiger partial charge in [-0.05, 0) is 39.7 Å². The number of halogens is 3. The van der Waals surface area contributed by atoms with Gasteiger partial charge in [0.2, 0.25) is 5.91 Å². The third-order valence-electron chi connectivity index (χ3n) is 5.03. The molecule has 9 heteroatoms. The summed E-state index contributed by atoms with van der Waals surface area (Å²) in [6.07, 6.45) is -0.781. The summed E-state index contributed by atoms with van der Waals surface area (Å²) in [5.41, 5.74) is 0. The number of amides is 1. The first kappa shape index (κ1) is 24.5. The Balaban J connectivity index is 2.47. The lowest BCUT2D eigenvalue weighted by Crippen LogP contribution is -2.50. The highest BCUT2D eigenvalue weighted by Gasteiger charge is 2.29. The van der Waals surface area contributed by atoms with E-state index in [1.165, 1.54) is 11.9 Å². The Morgan fingerprint density at radius 2 is 1.82 bits per heavy atom. The number of alkyl halides is 3. The molecule has 0 saturated carbocycles. The number of carbonyl (C=O) groups excluding carboxylic acids is 1. The number of guanidine groups is 1. The van der Waals surface area contributed by atoms with E-state index >= 15 is 0 Å². The van der Waals surface area contributed by atoms with E-state index in [1.54, 1.807) is 0 Å². The van der Waals surface area contributed by atoms with Crippen molar-refractivity contribution in [3.05, 3.63) is 0 Å². The second-order valence-corrected chi connectivity index (χ2v) is 7.37. The normalized spacial score (nSPS) is 16.8. The minimum absolute atomic E-state index is 0.108. The van der Waals surface area contributed by atoms with Crippen LogP contribution in [0.25, 0.3) is 0 Å². The summed E-state index contributed by atoms with van der Waals surface area (Å²) in [5.74, 6) is 0.974. The lowest BCUT2D eigenvalue weighted by atomic mass is 9.98. The van der Waals surface area contributed by atoms with E-state index in [9.17, 15) is 18.0 Å². The molecular formula is C19H36F3N5O. The van der Waals surface area contributed by atoms with Crippen LogP contribution in [0.15, 0.2) is 4.99 Å². The minimum Gasteiger partial charge on any atom is -0.357 e. The number of likely N-dealkylation sites (N-methyl/N-ethyl adjacent to an activating group) is 1. The van der Waals surface area contributed by atoms with Crippen molar-refractivity contribution in [2.75, 3.05) is 46.3 Å². The van der Waals surface area contributed by atoms with Crippen molar-refractivity contribution in [1.29, 1.82) is 0 Å². The van der Waals surface area contributed by atoms with E-state index in [-0.39, 0.29) is 31.0 Å². The lowest BCUT2D eigenvalue weighted by Gasteiger charge is -2.35. The van der Waals surface area contributed by atoms with Gasteiger partial charge in [0, 0.05) is 38.1 Å². The van der Waals surface area contributed by atoms with Gasteiger partial charge in [-0.3, -0.25) is 14.7 Å². The van der Waals surface area contributed by atoms with Gasteiger partial charge in [0.25, 0.3) is 0 Å². The van der Waals surface area contributed by atoms with Crippen LogP contribution in [0.5, 0.6) is 0 Å². The van der Waals surface area contributed by atoms with Gasteiger partial charge in [0.1, 0.15) is 0 Å². The summed E-state index contributed by atoms with van der Waals surface area (Å²) >= 11 is 0. The highest BCUT2D eigenvalue weighted by molar-refractivity contribution is 5.80. The largest absolute Gasteiger partial charge is 0.401 e. The summed E-state index contributed by atoms with van der Waals surface area (Å²) in [6, 6.07) is 0.205. The van der Waals surface area contributed by atoms with Crippen molar-refractivity contribution < 1.29 is 18.0 Å². The summed E-state index contributed by atoms with van der Waals surface area (Å²) in [4.78, 5) is 20.0. The zero-order valence-corrected chi connectivity index (χ0v) is 17.6. The molecule has 0 radical (unpaired) electrons. The Labute approximate surface area is 166 Å². The van der Waals surface area contributed by atoms with Gasteiger partial charge in [0.15, 0.2) is 5.96 Å². The third kappa shape index (κ3) is 9.12. The van der Waals surface area contributed by atoms with Crippen LogP contribution < -0.4 is 10.6 Å². The molecule has 0 aromatic carbocycles. The topological polar surface area (TPSA) is 60.0 Å². The molecule has 0 aromatic heterocycles. The van der Waals surface area contributed by atoms with Gasteiger partial charge < -0.3 is 15.5 Å². The Morgan fingerprint density at radius 3 is 2.32 bits per heavy atom. The van der Waals surface area contributed by atoms with Crippen molar-refractivity contribution in [3.8, 4) is 0 Å². The highest BCUT2D eigenvalue weighted by atomic mass is 19.4. The molecule has 1 fully saturated rings. The zero-order chi connectivity index (χ0) is 21.2. The maximum absolute atomic E-state index is 12.5. The number of rotatable bonds is 9. The molecule has 164 valence electrons. The number of carbonyl (C=O) groups is 1. The molecule has 0 unspecified atom stereocenters. The number of nitrogens with one attached hydrogen (secondary N) is 2. The summed E-state index contributed by atoms with van der Waals surface area (Å²) in [7, 11) is 1.44. The molecule has 0 spiro atoms. The van der Waals surface area contributed by atoms with Gasteiger partial charge in [-0.1, -0.05) is 13.8 Å². The molecule has 1 amide bonds. The molecule has 2 N–H and O–H groups in total. The van der Waals surface area contributed by atoms with Gasteiger partial charge in [-0.2, -0.15) is 13.2 Å². The molecule has 1 saturated heterocycles. The maximum atomic E-state index is 12.5. The monoisotopic (exact) mass is 407 g/mol. The smallest absolute Gasteiger partial charge is 0.357 e. The molecule has 28 heavy (non-hydrogen) atoms. The molecule has 0 atom stereocenters. The first-order valence-electron chi connectivity index (χ1n) is 10.3. The Morgan fingerprint density at radius 1 is 1.21 bits per heavy atom. The molecule has 6 nitrogen and oxygen atoms in total. The third-order valence-corrected chi connectivity index (χ3v) is 5.03. The Bertz CT molecular complexity index is 486. The van der Waals surface area contributed by atoms with Crippen LogP contribution in [0.3, 0.4) is 0 Å². The van der Waals surface area contributed by atoms with Crippen molar-refractivity contribution in [2.24, 2.45) is 10.9 Å². The van der Waals surface area contributed by atoms with Crippen molar-refractivity contribution >= 4 is 11.9 Å². The molecule has 1 aliphatic heterocycles. The number of nitrogens with zero attached hydrogens (tertiary/aromatic N) is 3. The number of likely N-dealkylation sites (tertiary alicyclic amines) is 1. The Kier molecular flexibility index (Phi) is 10.6. The van der Waals surface area contributed by atoms with Crippen LogP contribution >= 0.6 is 0 Å². The number of piperidine rings is 1. The number of hydrogen-bond donors (Lipinski definition) is 2. The average molecular weight is 408 g/mol. The van der Waals surface area contributed by atoms with E-state index < -0.39 is 12.7 Å². The number of aliphatic imine (C=N–C) groups is 1. The fourth-order valence-corrected chi connectivity index (χ4v) is 3.37. The minimum atomic E-state index is -4.19. The van der Waals surface area contributed by atoms with E-state index in [0.29, 0.717) is 12.5 Å². The molecular weight excluding hydrogens is 371 g/mol. The summed E-state index contributed by atoms with van der Waals surface area (Å²) in [6.45, 7) is 7.75. The van der Waals surface area contributed by atoms with Crippen LogP contribution in [-0.2, 0) is 4.79 Å². The maximum Gasteiger partial charge on any atom is 0.401 e. The van der Waals surface area contributed by atoms with Crippen LogP contribution in [-0.4, -0.2) is 80.2 Å². The first-order valence-corrected chi connectivity index (χ1v) is 10.3. The van der Waals surface area contributed by atoms with Crippen LogP contribution in [0.4, 0.5) is 13.2 Å². The lowest BCUT2D eigenvalue weighted by molar-refractivity contribution is -0.142. The molecule has 1 aliphatic rings. The summed E-state index contributed by atoms with van der Waals surface area (Å²) < 4.78 is 37.1. The quantitative estimate of drug-likeness (QED) is 0.455.